The minimum absolute atomic E-state index is 0.0884. The zero-order chi connectivity index (χ0) is 18.5. The van der Waals surface area contributed by atoms with E-state index in [9.17, 15) is 20.2 Å². The van der Waals surface area contributed by atoms with Crippen LogP contribution in [0.15, 0.2) is 48.5 Å². The molecular formula is C14H8N6O6. The number of nitro groups is 2. The van der Waals surface area contributed by atoms with E-state index < -0.39 is 9.85 Å². The summed E-state index contributed by atoms with van der Waals surface area (Å²) in [5.41, 5.74) is 0. The summed E-state index contributed by atoms with van der Waals surface area (Å²) in [6.07, 6.45) is 0. The third kappa shape index (κ3) is 4.00. The van der Waals surface area contributed by atoms with Gasteiger partial charge in [-0.25, -0.2) is 0 Å². The van der Waals surface area contributed by atoms with Crippen molar-refractivity contribution in [1.29, 1.82) is 0 Å². The first kappa shape index (κ1) is 16.6. The Kier molecular flexibility index (Phi) is 4.56. The molecule has 12 heteroatoms. The Morgan fingerprint density at radius 2 is 1.00 bits per heavy atom. The maximum Gasteiger partial charge on any atom is 0.390 e. The van der Waals surface area contributed by atoms with Crippen LogP contribution >= 0.6 is 0 Å². The Morgan fingerprint density at radius 1 is 0.615 bits per heavy atom. The van der Waals surface area contributed by atoms with Gasteiger partial charge in [-0.15, -0.1) is 0 Å². The molecule has 0 fully saturated rings. The zero-order valence-corrected chi connectivity index (χ0v) is 12.8. The monoisotopic (exact) mass is 356 g/mol. The predicted octanol–water partition coefficient (Wildman–Crippen LogP) is 2.67. The van der Waals surface area contributed by atoms with Crippen molar-refractivity contribution in [2.45, 2.75) is 0 Å². The fraction of sp³-hybridized carbons (Fsp3) is 0. The van der Waals surface area contributed by atoms with Crippen molar-refractivity contribution in [3.05, 3.63) is 68.8 Å². The standard InChI is InChI=1S/C14H8N6O6/c21-19(22)11-5-7-13(17-15-11)25-9-1-2-10(4-3-9)26-14-8-6-12(16-18-14)20(23)24/h1-8H. The van der Waals surface area contributed by atoms with E-state index >= 15 is 0 Å². The summed E-state index contributed by atoms with van der Waals surface area (Å²) in [5, 5.41) is 35.0. The Morgan fingerprint density at radius 3 is 1.27 bits per heavy atom. The first-order valence-electron chi connectivity index (χ1n) is 6.93. The molecule has 0 atom stereocenters. The molecule has 0 saturated carbocycles. The van der Waals surface area contributed by atoms with Gasteiger partial charge in [0.2, 0.25) is 0 Å². The van der Waals surface area contributed by atoms with E-state index in [4.69, 9.17) is 9.47 Å². The van der Waals surface area contributed by atoms with Gasteiger partial charge in [-0.2, -0.15) is 0 Å². The summed E-state index contributed by atoms with van der Waals surface area (Å²) in [6.45, 7) is 0. The molecule has 3 rings (SSSR count). The quantitative estimate of drug-likeness (QED) is 0.475. The van der Waals surface area contributed by atoms with Crippen LogP contribution < -0.4 is 9.47 Å². The van der Waals surface area contributed by atoms with Crippen LogP contribution in [-0.2, 0) is 0 Å². The summed E-state index contributed by atoms with van der Waals surface area (Å²) in [4.78, 5) is 19.7. The normalized spacial score (nSPS) is 10.2. The molecule has 0 amide bonds. The van der Waals surface area contributed by atoms with Gasteiger partial charge in [0.25, 0.3) is 11.8 Å². The lowest BCUT2D eigenvalue weighted by Gasteiger charge is -2.05. The topological polar surface area (TPSA) is 156 Å². The Bertz CT molecular complexity index is 851. The first-order chi connectivity index (χ1) is 12.5. The highest BCUT2D eigenvalue weighted by Gasteiger charge is 2.11. The van der Waals surface area contributed by atoms with Crippen molar-refractivity contribution in [1.82, 2.24) is 20.4 Å². The summed E-state index contributed by atoms with van der Waals surface area (Å²) in [6, 6.07) is 11.3. The number of hydrogen-bond donors (Lipinski definition) is 0. The third-order valence-electron chi connectivity index (χ3n) is 2.89. The van der Waals surface area contributed by atoms with Crippen LogP contribution in [-0.4, -0.2) is 30.2 Å². The van der Waals surface area contributed by atoms with Crippen LogP contribution in [0.4, 0.5) is 11.6 Å². The molecule has 0 aliphatic rings. The van der Waals surface area contributed by atoms with E-state index in [0.717, 1.165) is 0 Å². The molecule has 130 valence electrons. The molecule has 2 heterocycles. The average molecular weight is 356 g/mol. The molecule has 26 heavy (non-hydrogen) atoms. The minimum Gasteiger partial charge on any atom is -0.436 e. The summed E-state index contributed by atoms with van der Waals surface area (Å²) < 4.78 is 10.8. The molecule has 2 aromatic heterocycles. The Balaban J connectivity index is 1.64. The van der Waals surface area contributed by atoms with Crippen molar-refractivity contribution in [2.75, 3.05) is 0 Å². The number of hydrogen-bond acceptors (Lipinski definition) is 10. The van der Waals surface area contributed by atoms with E-state index in [2.05, 4.69) is 20.4 Å². The number of ether oxygens (including phenoxy) is 2. The van der Waals surface area contributed by atoms with Crippen molar-refractivity contribution < 1.29 is 19.3 Å². The molecule has 0 spiro atoms. The second-order valence-corrected chi connectivity index (χ2v) is 4.65. The van der Waals surface area contributed by atoms with E-state index in [1.807, 2.05) is 0 Å². The van der Waals surface area contributed by atoms with Crippen LogP contribution in [0.1, 0.15) is 0 Å². The van der Waals surface area contributed by atoms with Gasteiger partial charge in [-0.3, -0.25) is 0 Å². The number of benzene rings is 1. The van der Waals surface area contributed by atoms with Gasteiger partial charge in [0.1, 0.15) is 11.5 Å². The number of aromatic nitrogens is 4. The van der Waals surface area contributed by atoms with Gasteiger partial charge < -0.3 is 29.7 Å². The van der Waals surface area contributed by atoms with E-state index in [0.29, 0.717) is 11.5 Å². The van der Waals surface area contributed by atoms with Crippen LogP contribution in [0.5, 0.6) is 23.3 Å². The number of rotatable bonds is 6. The van der Waals surface area contributed by atoms with Crippen LogP contribution in [0.25, 0.3) is 0 Å². The lowest BCUT2D eigenvalue weighted by molar-refractivity contribution is -0.390. The van der Waals surface area contributed by atoms with Crippen LogP contribution in [0, 0.1) is 20.2 Å². The fourth-order valence-electron chi connectivity index (χ4n) is 1.75. The van der Waals surface area contributed by atoms with Crippen molar-refractivity contribution in [2.24, 2.45) is 0 Å². The largest absolute Gasteiger partial charge is 0.436 e. The molecule has 12 nitrogen and oxygen atoms in total. The highest BCUT2D eigenvalue weighted by molar-refractivity contribution is 5.35. The Hall–Kier alpha value is -4.22. The minimum atomic E-state index is -0.663. The third-order valence-corrected chi connectivity index (χ3v) is 2.89. The second-order valence-electron chi connectivity index (χ2n) is 4.65. The zero-order valence-electron chi connectivity index (χ0n) is 12.8. The highest BCUT2D eigenvalue weighted by atomic mass is 16.6. The molecular weight excluding hydrogens is 348 g/mol. The molecule has 3 aromatic rings. The van der Waals surface area contributed by atoms with Gasteiger partial charge in [-0.05, 0) is 34.1 Å². The predicted molar refractivity (Wildman–Crippen MR) is 84.0 cm³/mol. The maximum absolute atomic E-state index is 10.5. The van der Waals surface area contributed by atoms with E-state index in [1.165, 1.54) is 24.3 Å². The lowest BCUT2D eigenvalue weighted by Crippen LogP contribution is -1.96. The van der Waals surface area contributed by atoms with Gasteiger partial charge >= 0.3 is 11.6 Å². The van der Waals surface area contributed by atoms with Gasteiger partial charge in [-0.1, -0.05) is 0 Å². The van der Waals surface area contributed by atoms with Crippen LogP contribution in [0.3, 0.4) is 0 Å². The van der Waals surface area contributed by atoms with E-state index in [1.54, 1.807) is 24.3 Å². The Labute approximate surface area is 144 Å². The van der Waals surface area contributed by atoms with Crippen molar-refractivity contribution >= 4 is 11.6 Å². The first-order valence-corrected chi connectivity index (χ1v) is 6.93. The molecule has 1 aromatic carbocycles. The lowest BCUT2D eigenvalue weighted by atomic mass is 10.3. The molecule has 0 saturated heterocycles. The molecule has 0 aliphatic carbocycles. The molecule has 0 aliphatic heterocycles. The molecule has 0 radical (unpaired) electrons. The molecule has 0 N–H and O–H groups in total. The average Bonchev–Trinajstić information content (AvgIpc) is 2.64. The van der Waals surface area contributed by atoms with Crippen LogP contribution in [0.2, 0.25) is 0 Å². The second kappa shape index (κ2) is 7.12. The highest BCUT2D eigenvalue weighted by Crippen LogP contribution is 2.25. The molecule has 0 unspecified atom stereocenters. The van der Waals surface area contributed by atoms with Gasteiger partial charge in [0.15, 0.2) is 0 Å². The van der Waals surface area contributed by atoms with Crippen molar-refractivity contribution in [3.8, 4) is 23.3 Å². The summed E-state index contributed by atoms with van der Waals surface area (Å²) in [5.74, 6) is 0.206. The SMILES string of the molecule is O=[N+]([O-])c1ccc(Oc2ccc(Oc3ccc([N+](=O)[O-])nn3)cc2)nn1. The molecule has 0 bridgehead atoms. The van der Waals surface area contributed by atoms with Gasteiger partial charge in [0, 0.05) is 34.5 Å². The smallest absolute Gasteiger partial charge is 0.390 e. The van der Waals surface area contributed by atoms with Crippen molar-refractivity contribution in [3.63, 3.8) is 0 Å². The summed E-state index contributed by atoms with van der Waals surface area (Å²) in [7, 11) is 0. The number of nitrogens with zero attached hydrogens (tertiary/aromatic N) is 6. The maximum atomic E-state index is 10.5. The fourth-order valence-corrected chi connectivity index (χ4v) is 1.75. The van der Waals surface area contributed by atoms with E-state index in [-0.39, 0.29) is 23.4 Å². The van der Waals surface area contributed by atoms with Gasteiger partial charge in [0.05, 0.1) is 10.2 Å². The summed E-state index contributed by atoms with van der Waals surface area (Å²) >= 11 is 0.